The van der Waals surface area contributed by atoms with Crippen molar-refractivity contribution in [1.82, 2.24) is 29.1 Å². The number of pyridine rings is 1. The number of likely N-dealkylation sites (N-methyl/N-ethyl adjacent to an activating group) is 1. The molecule has 1 fully saturated rings. The molecule has 0 radical (unpaired) electrons. The molecule has 1 unspecified atom stereocenters. The van der Waals surface area contributed by atoms with E-state index < -0.39 is 10.0 Å². The van der Waals surface area contributed by atoms with Gasteiger partial charge in [0.05, 0.1) is 24.5 Å². The molecule has 148 valence electrons. The fourth-order valence-corrected chi connectivity index (χ4v) is 3.89. The minimum Gasteiger partial charge on any atom is -0.383 e. The van der Waals surface area contributed by atoms with E-state index in [0.717, 1.165) is 0 Å². The standard InChI is InChI=1S/C16H24N6O4S/c1-20-7-8-21(27(3,24)25)11-13(20)15-19-18-14-5-4-12(10-22(14)15)16(23)17-6-9-26-2/h4-5,10,13H,6-9,11H2,1-3H3,(H,17,23). The molecule has 1 amide bonds. The molecule has 2 aromatic heterocycles. The van der Waals surface area contributed by atoms with Crippen LogP contribution < -0.4 is 5.32 Å². The van der Waals surface area contributed by atoms with Crippen LogP contribution in [0.15, 0.2) is 18.3 Å². The zero-order chi connectivity index (χ0) is 19.6. The van der Waals surface area contributed by atoms with Gasteiger partial charge in [0, 0.05) is 39.5 Å². The maximum Gasteiger partial charge on any atom is 0.252 e. The molecule has 1 atom stereocenters. The van der Waals surface area contributed by atoms with Crippen molar-refractivity contribution in [2.75, 3.05) is 53.2 Å². The summed E-state index contributed by atoms with van der Waals surface area (Å²) in [5.74, 6) is 0.385. The first-order valence-corrected chi connectivity index (χ1v) is 10.4. The van der Waals surface area contributed by atoms with Crippen LogP contribution in [-0.2, 0) is 14.8 Å². The SMILES string of the molecule is COCCNC(=O)c1ccc2nnc(C3CN(S(C)(=O)=O)CCN3C)n2c1. The fourth-order valence-electron chi connectivity index (χ4n) is 3.07. The van der Waals surface area contributed by atoms with E-state index in [4.69, 9.17) is 4.74 Å². The lowest BCUT2D eigenvalue weighted by molar-refractivity contribution is 0.0936. The van der Waals surface area contributed by atoms with E-state index in [1.165, 1.54) is 10.6 Å². The molecule has 11 heteroatoms. The lowest BCUT2D eigenvalue weighted by Crippen LogP contribution is -2.49. The van der Waals surface area contributed by atoms with Crippen molar-refractivity contribution in [3.8, 4) is 0 Å². The highest BCUT2D eigenvalue weighted by atomic mass is 32.2. The number of methoxy groups -OCH3 is 1. The van der Waals surface area contributed by atoms with Crippen molar-refractivity contribution in [3.05, 3.63) is 29.7 Å². The molecule has 0 spiro atoms. The maximum absolute atomic E-state index is 12.3. The van der Waals surface area contributed by atoms with Gasteiger partial charge in [-0.2, -0.15) is 4.31 Å². The summed E-state index contributed by atoms with van der Waals surface area (Å²) in [7, 11) is 0.207. The Morgan fingerprint density at radius 2 is 2.11 bits per heavy atom. The van der Waals surface area contributed by atoms with Gasteiger partial charge in [-0.3, -0.25) is 14.1 Å². The molecule has 0 saturated carbocycles. The highest BCUT2D eigenvalue weighted by molar-refractivity contribution is 7.88. The predicted octanol–water partition coefficient (Wildman–Crippen LogP) is -0.646. The summed E-state index contributed by atoms with van der Waals surface area (Å²) in [6, 6.07) is 3.15. The number of piperazine rings is 1. The van der Waals surface area contributed by atoms with Crippen molar-refractivity contribution >= 4 is 21.6 Å². The molecule has 2 aromatic rings. The lowest BCUT2D eigenvalue weighted by Gasteiger charge is -2.37. The van der Waals surface area contributed by atoms with Crippen LogP contribution in [0.2, 0.25) is 0 Å². The lowest BCUT2D eigenvalue weighted by atomic mass is 10.2. The van der Waals surface area contributed by atoms with Crippen LogP contribution in [0.3, 0.4) is 0 Å². The van der Waals surface area contributed by atoms with Crippen LogP contribution in [0.1, 0.15) is 22.2 Å². The first-order valence-electron chi connectivity index (χ1n) is 8.58. The number of fused-ring (bicyclic) bond motifs is 1. The quantitative estimate of drug-likeness (QED) is 0.647. The fraction of sp³-hybridized carbons (Fsp3) is 0.562. The summed E-state index contributed by atoms with van der Waals surface area (Å²) in [4.78, 5) is 14.3. The summed E-state index contributed by atoms with van der Waals surface area (Å²) < 4.78 is 32.0. The zero-order valence-corrected chi connectivity index (χ0v) is 16.4. The minimum atomic E-state index is -3.29. The average molecular weight is 396 g/mol. The van der Waals surface area contributed by atoms with E-state index in [-0.39, 0.29) is 11.9 Å². The molecule has 10 nitrogen and oxygen atoms in total. The predicted molar refractivity (Wildman–Crippen MR) is 99.0 cm³/mol. The van der Waals surface area contributed by atoms with Gasteiger partial charge in [0.25, 0.3) is 5.91 Å². The van der Waals surface area contributed by atoms with Crippen LogP contribution in [0.4, 0.5) is 0 Å². The summed E-state index contributed by atoms with van der Waals surface area (Å²) in [5.41, 5.74) is 1.07. The van der Waals surface area contributed by atoms with E-state index in [9.17, 15) is 13.2 Å². The molecule has 0 bridgehead atoms. The van der Waals surface area contributed by atoms with Crippen molar-refractivity contribution in [2.24, 2.45) is 0 Å². The van der Waals surface area contributed by atoms with Crippen LogP contribution in [0, 0.1) is 0 Å². The molecule has 3 heterocycles. The monoisotopic (exact) mass is 396 g/mol. The van der Waals surface area contributed by atoms with Gasteiger partial charge in [0.2, 0.25) is 10.0 Å². The number of hydrogen-bond donors (Lipinski definition) is 1. The van der Waals surface area contributed by atoms with Crippen molar-refractivity contribution in [3.63, 3.8) is 0 Å². The number of carbonyl (C=O) groups is 1. The van der Waals surface area contributed by atoms with E-state index in [2.05, 4.69) is 15.5 Å². The summed E-state index contributed by atoms with van der Waals surface area (Å²) in [6.45, 7) is 2.16. The first kappa shape index (κ1) is 19.7. The Kier molecular flexibility index (Phi) is 5.75. The number of carbonyl (C=O) groups excluding carboxylic acids is 1. The van der Waals surface area contributed by atoms with Crippen molar-refractivity contribution in [2.45, 2.75) is 6.04 Å². The van der Waals surface area contributed by atoms with Gasteiger partial charge < -0.3 is 10.1 Å². The highest BCUT2D eigenvalue weighted by Gasteiger charge is 2.33. The summed E-state index contributed by atoms with van der Waals surface area (Å²) >= 11 is 0. The second-order valence-corrected chi connectivity index (χ2v) is 8.55. The van der Waals surface area contributed by atoms with Gasteiger partial charge in [-0.05, 0) is 19.2 Å². The van der Waals surface area contributed by atoms with Gasteiger partial charge in [0.15, 0.2) is 11.5 Å². The Balaban J connectivity index is 1.90. The second kappa shape index (κ2) is 7.89. The van der Waals surface area contributed by atoms with Gasteiger partial charge in [-0.15, -0.1) is 10.2 Å². The van der Waals surface area contributed by atoms with Gasteiger partial charge >= 0.3 is 0 Å². The van der Waals surface area contributed by atoms with E-state index in [0.29, 0.717) is 49.8 Å². The third-order valence-corrected chi connectivity index (χ3v) is 5.93. The van der Waals surface area contributed by atoms with Crippen molar-refractivity contribution < 1.29 is 17.9 Å². The van der Waals surface area contributed by atoms with Crippen molar-refractivity contribution in [1.29, 1.82) is 0 Å². The van der Waals surface area contributed by atoms with Gasteiger partial charge in [0.1, 0.15) is 0 Å². The Morgan fingerprint density at radius 3 is 2.81 bits per heavy atom. The topological polar surface area (TPSA) is 109 Å². The summed E-state index contributed by atoms with van der Waals surface area (Å²) in [6.07, 6.45) is 2.89. The first-order chi connectivity index (χ1) is 12.8. The molecular formula is C16H24N6O4S. The van der Waals surface area contributed by atoms with E-state index in [1.54, 1.807) is 29.8 Å². The molecular weight excluding hydrogens is 372 g/mol. The Hall–Kier alpha value is -2.08. The Morgan fingerprint density at radius 1 is 1.33 bits per heavy atom. The number of ether oxygens (including phenoxy) is 1. The number of rotatable bonds is 6. The third-order valence-electron chi connectivity index (χ3n) is 4.66. The van der Waals surface area contributed by atoms with Crippen LogP contribution >= 0.6 is 0 Å². The summed E-state index contributed by atoms with van der Waals surface area (Å²) in [5, 5.41) is 11.2. The minimum absolute atomic E-state index is 0.219. The largest absolute Gasteiger partial charge is 0.383 e. The zero-order valence-electron chi connectivity index (χ0n) is 15.6. The normalized spacial score (nSPS) is 19.4. The third kappa shape index (κ3) is 4.26. The molecule has 0 aliphatic carbocycles. The molecule has 0 aromatic carbocycles. The maximum atomic E-state index is 12.3. The number of nitrogens with zero attached hydrogens (tertiary/aromatic N) is 5. The van der Waals surface area contributed by atoms with Crippen LogP contribution in [0.5, 0.6) is 0 Å². The van der Waals surface area contributed by atoms with Gasteiger partial charge in [-0.25, -0.2) is 8.42 Å². The number of nitrogens with one attached hydrogen (secondary N) is 1. The number of hydrogen-bond acceptors (Lipinski definition) is 7. The van der Waals surface area contributed by atoms with E-state index in [1.807, 2.05) is 11.9 Å². The number of sulfonamides is 1. The molecule has 1 N–H and O–H groups in total. The second-order valence-electron chi connectivity index (χ2n) is 6.57. The molecule has 1 saturated heterocycles. The molecule has 1 aliphatic heterocycles. The Labute approximate surface area is 158 Å². The smallest absolute Gasteiger partial charge is 0.252 e. The van der Waals surface area contributed by atoms with Crippen LogP contribution in [-0.4, -0.2) is 91.3 Å². The molecule has 27 heavy (non-hydrogen) atoms. The Bertz CT molecular complexity index is 928. The average Bonchev–Trinajstić information content (AvgIpc) is 3.04. The van der Waals surface area contributed by atoms with Gasteiger partial charge in [-0.1, -0.05) is 0 Å². The van der Waals surface area contributed by atoms with E-state index >= 15 is 0 Å². The number of amides is 1. The van der Waals surface area contributed by atoms with Crippen LogP contribution in [0.25, 0.3) is 5.65 Å². The molecule has 1 aliphatic rings. The molecule has 3 rings (SSSR count). The number of aromatic nitrogens is 3. The highest BCUT2D eigenvalue weighted by Crippen LogP contribution is 2.24.